The summed E-state index contributed by atoms with van der Waals surface area (Å²) in [5, 5.41) is 3.19. The van der Waals surface area contributed by atoms with Crippen molar-refractivity contribution in [3.05, 3.63) is 51.7 Å². The van der Waals surface area contributed by atoms with Crippen molar-refractivity contribution in [1.29, 1.82) is 0 Å². The monoisotopic (exact) mass is 400 g/mol. The summed E-state index contributed by atoms with van der Waals surface area (Å²) in [6.45, 7) is 2.22. The molecule has 1 unspecified atom stereocenters. The molecular formula is C21H24N2O2S2. The number of nitrogens with zero attached hydrogens (tertiary/aromatic N) is 2. The smallest absolute Gasteiger partial charge is 0.222 e. The zero-order chi connectivity index (χ0) is 18.5. The summed E-state index contributed by atoms with van der Waals surface area (Å²) in [7, 11) is 0. The summed E-state index contributed by atoms with van der Waals surface area (Å²) in [5.41, 5.74) is 1.06. The summed E-state index contributed by atoms with van der Waals surface area (Å²) in [6, 6.07) is 12.4. The van der Waals surface area contributed by atoms with E-state index in [1.165, 1.54) is 9.58 Å². The summed E-state index contributed by atoms with van der Waals surface area (Å²) in [4.78, 5) is 20.8. The number of thiophene rings is 1. The number of rotatable bonds is 8. The van der Waals surface area contributed by atoms with Crippen LogP contribution < -0.4 is 0 Å². The summed E-state index contributed by atoms with van der Waals surface area (Å²) in [6.07, 6.45) is 4.61. The zero-order valence-corrected chi connectivity index (χ0v) is 16.9. The van der Waals surface area contributed by atoms with Crippen LogP contribution in [0.1, 0.15) is 35.6 Å². The van der Waals surface area contributed by atoms with Gasteiger partial charge in [0.2, 0.25) is 5.91 Å². The third-order valence-electron chi connectivity index (χ3n) is 4.85. The molecule has 4 rings (SSSR count). The first-order valence-corrected chi connectivity index (χ1v) is 11.2. The van der Waals surface area contributed by atoms with E-state index in [-0.39, 0.29) is 12.0 Å². The molecule has 6 heteroatoms. The van der Waals surface area contributed by atoms with Crippen molar-refractivity contribution in [2.75, 3.05) is 13.2 Å². The second kappa shape index (κ2) is 8.95. The molecule has 142 valence electrons. The molecule has 1 saturated heterocycles. The highest BCUT2D eigenvalue weighted by atomic mass is 32.1. The van der Waals surface area contributed by atoms with E-state index in [0.717, 1.165) is 42.8 Å². The fourth-order valence-electron chi connectivity index (χ4n) is 3.46. The predicted octanol–water partition coefficient (Wildman–Crippen LogP) is 4.89. The summed E-state index contributed by atoms with van der Waals surface area (Å²) in [5.74, 6) is 0.222. The number of hydrogen-bond donors (Lipinski definition) is 0. The Balaban J connectivity index is 1.33. The maximum Gasteiger partial charge on any atom is 0.222 e. The molecule has 1 aromatic carbocycles. The van der Waals surface area contributed by atoms with Gasteiger partial charge in [0.1, 0.15) is 0 Å². The molecule has 3 heterocycles. The number of amides is 1. The van der Waals surface area contributed by atoms with Gasteiger partial charge in [-0.1, -0.05) is 18.2 Å². The van der Waals surface area contributed by atoms with Crippen LogP contribution >= 0.6 is 22.7 Å². The van der Waals surface area contributed by atoms with Gasteiger partial charge in [-0.2, -0.15) is 0 Å². The molecule has 1 aliphatic heterocycles. The minimum atomic E-state index is 0.193. The molecule has 1 amide bonds. The van der Waals surface area contributed by atoms with Gasteiger partial charge in [0, 0.05) is 24.4 Å². The van der Waals surface area contributed by atoms with Crippen LogP contribution in [0.3, 0.4) is 0 Å². The molecule has 0 aliphatic carbocycles. The number of carbonyl (C=O) groups is 1. The van der Waals surface area contributed by atoms with Crippen molar-refractivity contribution in [2.24, 2.45) is 0 Å². The lowest BCUT2D eigenvalue weighted by molar-refractivity contribution is -0.133. The standard InChI is InChI=1S/C21H24N2O2S2/c24-21(11-3-10-20-22-18-8-1-2-9-19(18)27-20)23(14-16-6-4-12-25-16)15-17-7-5-13-26-17/h1-2,5,7-9,13,16H,3-4,6,10-12,14-15H2. The van der Waals surface area contributed by atoms with Crippen molar-refractivity contribution in [1.82, 2.24) is 9.88 Å². The van der Waals surface area contributed by atoms with Crippen LogP contribution in [0.15, 0.2) is 41.8 Å². The Morgan fingerprint density at radius 3 is 2.96 bits per heavy atom. The van der Waals surface area contributed by atoms with E-state index in [1.807, 2.05) is 29.2 Å². The van der Waals surface area contributed by atoms with Crippen molar-refractivity contribution in [3.63, 3.8) is 0 Å². The summed E-state index contributed by atoms with van der Waals surface area (Å²) >= 11 is 3.44. The van der Waals surface area contributed by atoms with E-state index in [9.17, 15) is 4.79 Å². The lowest BCUT2D eigenvalue weighted by atomic mass is 10.2. The number of ether oxygens (including phenoxy) is 1. The van der Waals surface area contributed by atoms with Crippen LogP contribution in [0.2, 0.25) is 0 Å². The number of hydrogen-bond acceptors (Lipinski definition) is 5. The van der Waals surface area contributed by atoms with Crippen molar-refractivity contribution in [3.8, 4) is 0 Å². The van der Waals surface area contributed by atoms with E-state index in [2.05, 4.69) is 22.5 Å². The fourth-order valence-corrected chi connectivity index (χ4v) is 5.18. The number of aromatic nitrogens is 1. The van der Waals surface area contributed by atoms with Gasteiger partial charge >= 0.3 is 0 Å². The molecule has 1 aliphatic rings. The first-order chi connectivity index (χ1) is 13.3. The lowest BCUT2D eigenvalue weighted by Gasteiger charge is -2.25. The van der Waals surface area contributed by atoms with Crippen molar-refractivity contribution in [2.45, 2.75) is 44.8 Å². The van der Waals surface area contributed by atoms with E-state index in [0.29, 0.717) is 19.5 Å². The molecule has 0 radical (unpaired) electrons. The van der Waals surface area contributed by atoms with Gasteiger partial charge in [-0.25, -0.2) is 4.98 Å². The third kappa shape index (κ3) is 4.94. The lowest BCUT2D eigenvalue weighted by Crippen LogP contribution is -2.36. The Morgan fingerprint density at radius 2 is 2.19 bits per heavy atom. The number of aryl methyl sites for hydroxylation is 1. The number of thiazole rings is 1. The number of carbonyl (C=O) groups excluding carboxylic acids is 1. The molecule has 1 fully saturated rings. The van der Waals surface area contributed by atoms with Gasteiger partial charge in [0.15, 0.2) is 0 Å². The highest BCUT2D eigenvalue weighted by molar-refractivity contribution is 7.18. The first-order valence-electron chi connectivity index (χ1n) is 9.54. The van der Waals surface area contributed by atoms with Gasteiger partial charge in [-0.3, -0.25) is 4.79 Å². The van der Waals surface area contributed by atoms with Crippen LogP contribution in [-0.4, -0.2) is 35.0 Å². The van der Waals surface area contributed by atoms with Gasteiger partial charge in [0.25, 0.3) is 0 Å². The van der Waals surface area contributed by atoms with E-state index in [4.69, 9.17) is 4.74 Å². The van der Waals surface area contributed by atoms with Crippen LogP contribution in [0.25, 0.3) is 10.2 Å². The predicted molar refractivity (Wildman–Crippen MR) is 111 cm³/mol. The zero-order valence-electron chi connectivity index (χ0n) is 15.3. The first kappa shape index (κ1) is 18.6. The molecule has 0 N–H and O–H groups in total. The Labute approximate surface area is 167 Å². The average molecular weight is 401 g/mol. The Kier molecular flexibility index (Phi) is 6.17. The molecule has 0 bridgehead atoms. The normalized spacial score (nSPS) is 16.8. The maximum absolute atomic E-state index is 12.9. The molecule has 4 nitrogen and oxygen atoms in total. The quantitative estimate of drug-likeness (QED) is 0.541. The highest BCUT2D eigenvalue weighted by Crippen LogP contribution is 2.23. The molecule has 27 heavy (non-hydrogen) atoms. The molecule has 0 spiro atoms. The van der Waals surface area contributed by atoms with Crippen molar-refractivity contribution >= 4 is 38.8 Å². The number of benzene rings is 1. The largest absolute Gasteiger partial charge is 0.376 e. The van der Waals surface area contributed by atoms with E-state index < -0.39 is 0 Å². The number of para-hydroxylation sites is 1. The fraction of sp³-hybridized carbons (Fsp3) is 0.429. The average Bonchev–Trinajstić information content (AvgIpc) is 3.42. The van der Waals surface area contributed by atoms with E-state index >= 15 is 0 Å². The van der Waals surface area contributed by atoms with Gasteiger partial charge in [-0.15, -0.1) is 22.7 Å². The minimum Gasteiger partial charge on any atom is -0.376 e. The summed E-state index contributed by atoms with van der Waals surface area (Å²) < 4.78 is 6.98. The second-order valence-corrected chi connectivity index (χ2v) is 9.06. The number of fused-ring (bicyclic) bond motifs is 1. The van der Waals surface area contributed by atoms with Gasteiger partial charge in [0.05, 0.1) is 27.9 Å². The highest BCUT2D eigenvalue weighted by Gasteiger charge is 2.23. The molecule has 3 aromatic rings. The van der Waals surface area contributed by atoms with Crippen LogP contribution in [-0.2, 0) is 22.5 Å². The Bertz CT molecular complexity index is 836. The van der Waals surface area contributed by atoms with Crippen LogP contribution in [0.4, 0.5) is 0 Å². The van der Waals surface area contributed by atoms with Crippen LogP contribution in [0.5, 0.6) is 0 Å². The third-order valence-corrected chi connectivity index (χ3v) is 6.80. The second-order valence-electron chi connectivity index (χ2n) is 6.92. The Hall–Kier alpha value is -1.76. The topological polar surface area (TPSA) is 42.4 Å². The van der Waals surface area contributed by atoms with Crippen LogP contribution in [0, 0.1) is 0 Å². The molecule has 1 atom stereocenters. The molecular weight excluding hydrogens is 376 g/mol. The van der Waals surface area contributed by atoms with E-state index in [1.54, 1.807) is 22.7 Å². The van der Waals surface area contributed by atoms with Gasteiger partial charge in [-0.05, 0) is 49.3 Å². The Morgan fingerprint density at radius 1 is 1.26 bits per heavy atom. The molecule has 2 aromatic heterocycles. The van der Waals surface area contributed by atoms with Crippen molar-refractivity contribution < 1.29 is 9.53 Å². The maximum atomic E-state index is 12.9. The minimum absolute atomic E-state index is 0.193. The SMILES string of the molecule is O=C(CCCc1nc2ccccc2s1)N(Cc1cccs1)CC1CCCO1. The van der Waals surface area contributed by atoms with Gasteiger partial charge < -0.3 is 9.64 Å². The molecule has 0 saturated carbocycles.